The summed E-state index contributed by atoms with van der Waals surface area (Å²) in [6, 6.07) is 14.8. The first-order chi connectivity index (χ1) is 11.7. The highest BCUT2D eigenvalue weighted by molar-refractivity contribution is 5.75. The molecule has 0 bridgehead atoms. The van der Waals surface area contributed by atoms with Gasteiger partial charge >= 0.3 is 6.03 Å². The molecule has 0 radical (unpaired) electrons. The lowest BCUT2D eigenvalue weighted by atomic mass is 9.99. The van der Waals surface area contributed by atoms with E-state index >= 15 is 0 Å². The summed E-state index contributed by atoms with van der Waals surface area (Å²) in [6.07, 6.45) is 1.60. The average molecular weight is 328 g/mol. The van der Waals surface area contributed by atoms with Crippen molar-refractivity contribution in [1.29, 1.82) is 0 Å². The molecule has 1 unspecified atom stereocenters. The first-order valence-corrected chi connectivity index (χ1v) is 7.73. The molecule has 0 aliphatic heterocycles. The Morgan fingerprint density at radius 1 is 1.17 bits per heavy atom. The van der Waals surface area contributed by atoms with Gasteiger partial charge in [-0.15, -0.1) is 6.58 Å². The van der Waals surface area contributed by atoms with Crippen LogP contribution in [0, 0.1) is 5.82 Å². The smallest absolute Gasteiger partial charge is 0.318 e. The zero-order valence-corrected chi connectivity index (χ0v) is 13.4. The van der Waals surface area contributed by atoms with Gasteiger partial charge in [-0.2, -0.15) is 0 Å². The van der Waals surface area contributed by atoms with E-state index in [9.17, 15) is 9.18 Å². The summed E-state index contributed by atoms with van der Waals surface area (Å²) in [5, 5.41) is 12.1. The molecule has 126 valence electrons. The monoisotopic (exact) mass is 328 g/mol. The number of aliphatic hydroxyl groups is 1. The Labute approximate surface area is 141 Å². The van der Waals surface area contributed by atoms with Gasteiger partial charge < -0.3 is 15.3 Å². The zero-order chi connectivity index (χ0) is 17.4. The number of aliphatic hydroxyl groups excluding tert-OH is 1. The molecule has 0 saturated carbocycles. The molecule has 0 aromatic heterocycles. The summed E-state index contributed by atoms with van der Waals surface area (Å²) in [5.41, 5.74) is 1.67. The highest BCUT2D eigenvalue weighted by Crippen LogP contribution is 2.22. The number of benzene rings is 2. The van der Waals surface area contributed by atoms with Gasteiger partial charge in [-0.05, 0) is 23.3 Å². The summed E-state index contributed by atoms with van der Waals surface area (Å²) < 4.78 is 13.2. The van der Waals surface area contributed by atoms with Gasteiger partial charge in [-0.1, -0.05) is 48.5 Å². The van der Waals surface area contributed by atoms with Crippen LogP contribution in [0.4, 0.5) is 9.18 Å². The second-order valence-corrected chi connectivity index (χ2v) is 5.30. The Morgan fingerprint density at radius 2 is 1.79 bits per heavy atom. The number of halogens is 1. The van der Waals surface area contributed by atoms with E-state index in [2.05, 4.69) is 11.9 Å². The molecule has 24 heavy (non-hydrogen) atoms. The van der Waals surface area contributed by atoms with Crippen molar-refractivity contribution < 1.29 is 14.3 Å². The quantitative estimate of drug-likeness (QED) is 0.767. The van der Waals surface area contributed by atoms with E-state index in [4.69, 9.17) is 5.11 Å². The third kappa shape index (κ3) is 4.67. The number of hydrogen-bond donors (Lipinski definition) is 2. The second kappa shape index (κ2) is 8.84. The predicted molar refractivity (Wildman–Crippen MR) is 92.1 cm³/mol. The van der Waals surface area contributed by atoms with Gasteiger partial charge in [-0.3, -0.25) is 0 Å². The van der Waals surface area contributed by atoms with Crippen LogP contribution in [0.15, 0.2) is 67.3 Å². The summed E-state index contributed by atoms with van der Waals surface area (Å²) in [4.78, 5) is 14.0. The Balaban J connectivity index is 2.27. The summed E-state index contributed by atoms with van der Waals surface area (Å²) in [7, 11) is 0. The first-order valence-electron chi connectivity index (χ1n) is 7.73. The van der Waals surface area contributed by atoms with Gasteiger partial charge in [-0.25, -0.2) is 9.18 Å². The third-order valence-corrected chi connectivity index (χ3v) is 3.61. The number of amides is 2. The van der Waals surface area contributed by atoms with Gasteiger partial charge in [0.05, 0.1) is 12.6 Å². The highest BCUT2D eigenvalue weighted by Gasteiger charge is 2.20. The highest BCUT2D eigenvalue weighted by atomic mass is 19.1. The Morgan fingerprint density at radius 3 is 2.38 bits per heavy atom. The van der Waals surface area contributed by atoms with Crippen LogP contribution in [0.1, 0.15) is 17.2 Å². The van der Waals surface area contributed by atoms with Crippen molar-refractivity contribution in [1.82, 2.24) is 10.2 Å². The normalized spacial score (nSPS) is 11.6. The van der Waals surface area contributed by atoms with Crippen LogP contribution in [0.2, 0.25) is 0 Å². The predicted octanol–water partition coefficient (Wildman–Crippen LogP) is 3.11. The minimum Gasteiger partial charge on any atom is -0.395 e. The van der Waals surface area contributed by atoms with Gasteiger partial charge in [0.1, 0.15) is 5.82 Å². The molecule has 2 aromatic rings. The fourth-order valence-electron chi connectivity index (χ4n) is 2.43. The molecule has 0 fully saturated rings. The maximum Gasteiger partial charge on any atom is 0.318 e. The van der Waals surface area contributed by atoms with Crippen LogP contribution in [0.3, 0.4) is 0 Å². The molecular formula is C19H21FN2O2. The van der Waals surface area contributed by atoms with Gasteiger partial charge in [0.15, 0.2) is 0 Å². The van der Waals surface area contributed by atoms with Crippen LogP contribution in [-0.2, 0) is 0 Å². The lowest BCUT2D eigenvalue weighted by Crippen LogP contribution is -2.43. The minimum atomic E-state index is -0.412. The minimum absolute atomic E-state index is 0.131. The number of rotatable bonds is 7. The molecule has 0 spiro atoms. The third-order valence-electron chi connectivity index (χ3n) is 3.61. The molecular weight excluding hydrogens is 307 g/mol. The Kier molecular flexibility index (Phi) is 6.51. The zero-order valence-electron chi connectivity index (χ0n) is 13.4. The lowest BCUT2D eigenvalue weighted by Gasteiger charge is -2.26. The van der Waals surface area contributed by atoms with E-state index in [1.165, 1.54) is 17.0 Å². The second-order valence-electron chi connectivity index (χ2n) is 5.30. The van der Waals surface area contributed by atoms with Crippen molar-refractivity contribution in [3.8, 4) is 0 Å². The molecule has 2 aromatic carbocycles. The van der Waals surface area contributed by atoms with E-state index in [1.54, 1.807) is 18.2 Å². The van der Waals surface area contributed by atoms with E-state index < -0.39 is 6.04 Å². The molecule has 0 saturated heterocycles. The van der Waals surface area contributed by atoms with Gasteiger partial charge in [0.25, 0.3) is 0 Å². The van der Waals surface area contributed by atoms with Gasteiger partial charge in [0, 0.05) is 13.1 Å². The molecule has 1 atom stereocenters. The van der Waals surface area contributed by atoms with Crippen molar-refractivity contribution in [3.05, 3.63) is 84.2 Å². The van der Waals surface area contributed by atoms with E-state index in [0.29, 0.717) is 6.54 Å². The maximum atomic E-state index is 13.2. The van der Waals surface area contributed by atoms with Crippen molar-refractivity contribution >= 4 is 6.03 Å². The number of hydrogen-bond acceptors (Lipinski definition) is 2. The number of carbonyl (C=O) groups is 1. The average Bonchev–Trinajstić information content (AvgIpc) is 2.61. The standard InChI is InChI=1S/C19H21FN2O2/c1-2-12-22(13-14-23)19(24)21-18(15-6-4-3-5-7-15)16-8-10-17(20)11-9-16/h2-11,18,23H,1,12-14H2,(H,21,24). The van der Waals surface area contributed by atoms with Crippen LogP contribution in [0.25, 0.3) is 0 Å². The summed E-state index contributed by atoms with van der Waals surface area (Å²) >= 11 is 0. The Bertz CT molecular complexity index is 659. The maximum absolute atomic E-state index is 13.2. The molecule has 5 heteroatoms. The van der Waals surface area contributed by atoms with Crippen LogP contribution in [0.5, 0.6) is 0 Å². The summed E-state index contributed by atoms with van der Waals surface area (Å²) in [6.45, 7) is 4.04. The molecule has 0 aliphatic carbocycles. The van der Waals surface area contributed by atoms with Crippen LogP contribution >= 0.6 is 0 Å². The van der Waals surface area contributed by atoms with Gasteiger partial charge in [0.2, 0.25) is 0 Å². The fourth-order valence-corrected chi connectivity index (χ4v) is 2.43. The first kappa shape index (κ1) is 17.7. The van der Waals surface area contributed by atoms with Crippen molar-refractivity contribution in [2.75, 3.05) is 19.7 Å². The number of nitrogens with zero attached hydrogens (tertiary/aromatic N) is 1. The molecule has 0 heterocycles. The SMILES string of the molecule is C=CCN(CCO)C(=O)NC(c1ccccc1)c1ccc(F)cc1. The Hall–Kier alpha value is -2.66. The molecule has 2 amide bonds. The number of nitrogens with one attached hydrogen (secondary N) is 1. The topological polar surface area (TPSA) is 52.6 Å². The molecule has 0 aliphatic rings. The molecule has 2 N–H and O–H groups in total. The number of carbonyl (C=O) groups excluding carboxylic acids is 1. The molecule has 2 rings (SSSR count). The van der Waals surface area contributed by atoms with E-state index in [1.807, 2.05) is 30.3 Å². The summed E-state index contributed by atoms with van der Waals surface area (Å²) in [5.74, 6) is -0.328. The van der Waals surface area contributed by atoms with E-state index in [0.717, 1.165) is 11.1 Å². The largest absolute Gasteiger partial charge is 0.395 e. The van der Waals surface area contributed by atoms with Crippen LogP contribution < -0.4 is 5.32 Å². The van der Waals surface area contributed by atoms with Crippen molar-refractivity contribution in [2.24, 2.45) is 0 Å². The van der Waals surface area contributed by atoms with Crippen LogP contribution in [-0.4, -0.2) is 35.7 Å². The lowest BCUT2D eigenvalue weighted by molar-refractivity contribution is 0.181. The van der Waals surface area contributed by atoms with Crippen molar-refractivity contribution in [2.45, 2.75) is 6.04 Å². The van der Waals surface area contributed by atoms with E-state index in [-0.39, 0.29) is 25.0 Å². The number of urea groups is 1. The fraction of sp³-hybridized carbons (Fsp3) is 0.211. The van der Waals surface area contributed by atoms with Crippen molar-refractivity contribution in [3.63, 3.8) is 0 Å². The molecule has 4 nitrogen and oxygen atoms in total.